The number of ketones is 2. The van der Waals surface area contributed by atoms with Gasteiger partial charge < -0.3 is 15.0 Å². The number of hydrogen-bond acceptors (Lipinski definition) is 5. The van der Waals surface area contributed by atoms with E-state index in [2.05, 4.69) is 12.2 Å². The molecule has 0 saturated carbocycles. The van der Waals surface area contributed by atoms with Crippen molar-refractivity contribution < 1.29 is 19.1 Å². The Bertz CT molecular complexity index is 1580. The topological polar surface area (TPSA) is 75.7 Å². The molecule has 3 aromatic carbocycles. The molecule has 1 N–H and O–H groups in total. The fourth-order valence-electron chi connectivity index (χ4n) is 7.03. The molecule has 0 radical (unpaired) electrons. The number of aryl methyl sites for hydroxylation is 1. The van der Waals surface area contributed by atoms with E-state index in [1.165, 1.54) is 0 Å². The summed E-state index contributed by atoms with van der Waals surface area (Å²) in [6.45, 7) is 7.77. The summed E-state index contributed by atoms with van der Waals surface area (Å²) in [6.07, 6.45) is 5.90. The van der Waals surface area contributed by atoms with Crippen molar-refractivity contribution in [2.45, 2.75) is 58.0 Å². The Morgan fingerprint density at radius 2 is 1.76 bits per heavy atom. The lowest BCUT2D eigenvalue weighted by Gasteiger charge is -2.38. The highest BCUT2D eigenvalue weighted by atomic mass is 16.5. The number of para-hydroxylation sites is 1. The molecule has 6 heteroatoms. The molecular weight excluding hydrogens is 512 g/mol. The standard InChI is InChI=1S/C35H36N2O4/c1-6-9-21-12-14-22(15-13-21)31(38)29-30(32(39)34(2,3)4)37-27-18-17-24(41-5)20-23(27)16-19-28(37)35(29)25-10-7-8-11-26(25)36-33(35)40/h7-8,10-20,28-30H,6,9H2,1-5H3,(H,36,40)/t28-,29-,30+,35+/m0/s1. The number of rotatable bonds is 6. The highest BCUT2D eigenvalue weighted by Gasteiger charge is 2.70. The van der Waals surface area contributed by atoms with Crippen molar-refractivity contribution in [1.82, 2.24) is 0 Å². The van der Waals surface area contributed by atoms with Crippen LogP contribution in [-0.2, 0) is 21.4 Å². The fourth-order valence-corrected chi connectivity index (χ4v) is 7.03. The first-order chi connectivity index (χ1) is 19.6. The number of fused-ring (bicyclic) bond motifs is 6. The minimum Gasteiger partial charge on any atom is -0.497 e. The molecule has 0 bridgehead atoms. The van der Waals surface area contributed by atoms with Crippen molar-refractivity contribution in [3.8, 4) is 5.75 Å². The van der Waals surface area contributed by atoms with Crippen LogP contribution in [0, 0.1) is 11.3 Å². The summed E-state index contributed by atoms with van der Waals surface area (Å²) < 4.78 is 5.48. The molecule has 1 saturated heterocycles. The van der Waals surface area contributed by atoms with Gasteiger partial charge in [0.1, 0.15) is 17.2 Å². The van der Waals surface area contributed by atoms with Crippen LogP contribution >= 0.6 is 0 Å². The predicted molar refractivity (Wildman–Crippen MR) is 162 cm³/mol. The molecule has 41 heavy (non-hydrogen) atoms. The van der Waals surface area contributed by atoms with Crippen LogP contribution in [0.25, 0.3) is 6.08 Å². The molecule has 0 aromatic heterocycles. The lowest BCUT2D eigenvalue weighted by molar-refractivity contribution is -0.128. The number of nitrogens with zero attached hydrogens (tertiary/aromatic N) is 1. The molecule has 6 nitrogen and oxygen atoms in total. The van der Waals surface area contributed by atoms with Crippen LogP contribution in [0.2, 0.25) is 0 Å². The van der Waals surface area contributed by atoms with E-state index >= 15 is 0 Å². The summed E-state index contributed by atoms with van der Waals surface area (Å²) in [7, 11) is 1.62. The van der Waals surface area contributed by atoms with Crippen LogP contribution in [0.5, 0.6) is 5.75 Å². The number of nitrogens with one attached hydrogen (secondary N) is 1. The first-order valence-corrected chi connectivity index (χ1v) is 14.4. The minimum atomic E-state index is -1.30. The van der Waals surface area contributed by atoms with E-state index in [0.717, 1.165) is 35.2 Å². The van der Waals surface area contributed by atoms with E-state index in [0.29, 0.717) is 17.0 Å². The Morgan fingerprint density at radius 3 is 2.44 bits per heavy atom. The second-order valence-corrected chi connectivity index (χ2v) is 12.4. The lowest BCUT2D eigenvalue weighted by Crippen LogP contribution is -2.51. The van der Waals surface area contributed by atoms with Gasteiger partial charge in [-0.1, -0.05) is 88.7 Å². The maximum atomic E-state index is 14.8. The van der Waals surface area contributed by atoms with Crippen LogP contribution in [0.15, 0.2) is 72.8 Å². The maximum Gasteiger partial charge on any atom is 0.238 e. The van der Waals surface area contributed by atoms with E-state index in [1.807, 2.05) is 105 Å². The number of carbonyl (C=O) groups is 3. The molecule has 210 valence electrons. The zero-order valence-corrected chi connectivity index (χ0v) is 24.2. The predicted octanol–water partition coefficient (Wildman–Crippen LogP) is 6.24. The minimum absolute atomic E-state index is 0.0745. The Hall–Kier alpha value is -4.19. The first kappa shape index (κ1) is 27.0. The lowest BCUT2D eigenvalue weighted by atomic mass is 9.63. The van der Waals surface area contributed by atoms with Gasteiger partial charge in [-0.25, -0.2) is 0 Å². The quantitative estimate of drug-likeness (QED) is 0.369. The van der Waals surface area contributed by atoms with Crippen LogP contribution in [0.1, 0.15) is 61.2 Å². The average Bonchev–Trinajstić information content (AvgIpc) is 3.44. The van der Waals surface area contributed by atoms with Crippen molar-refractivity contribution in [1.29, 1.82) is 0 Å². The molecule has 3 aromatic rings. The summed E-state index contributed by atoms with van der Waals surface area (Å²) in [5, 5.41) is 3.08. The average molecular weight is 549 g/mol. The number of anilines is 2. The van der Waals surface area contributed by atoms with Crippen molar-refractivity contribution in [2.75, 3.05) is 17.3 Å². The number of ether oxygens (including phenoxy) is 1. The van der Waals surface area contributed by atoms with E-state index in [9.17, 15) is 14.4 Å². The molecule has 3 heterocycles. The van der Waals surface area contributed by atoms with Gasteiger partial charge in [0.15, 0.2) is 11.6 Å². The van der Waals surface area contributed by atoms with Gasteiger partial charge in [0.2, 0.25) is 5.91 Å². The second kappa shape index (κ2) is 9.72. The Kier molecular flexibility index (Phi) is 6.40. The summed E-state index contributed by atoms with van der Waals surface area (Å²) in [6, 6.07) is 19.6. The van der Waals surface area contributed by atoms with Crippen LogP contribution in [0.4, 0.5) is 11.4 Å². The van der Waals surface area contributed by atoms with Crippen molar-refractivity contribution in [3.05, 3.63) is 95.1 Å². The molecule has 0 aliphatic carbocycles. The third kappa shape index (κ3) is 3.95. The van der Waals surface area contributed by atoms with Gasteiger partial charge in [-0.3, -0.25) is 14.4 Å². The number of carbonyl (C=O) groups excluding carboxylic acids is 3. The zero-order valence-electron chi connectivity index (χ0n) is 24.2. The van der Waals surface area contributed by atoms with Crippen LogP contribution in [0.3, 0.4) is 0 Å². The number of methoxy groups -OCH3 is 1. The van der Waals surface area contributed by atoms with Gasteiger partial charge in [-0.05, 0) is 41.8 Å². The van der Waals surface area contributed by atoms with Gasteiger partial charge in [0.25, 0.3) is 0 Å². The number of benzene rings is 3. The first-order valence-electron chi connectivity index (χ1n) is 14.4. The highest BCUT2D eigenvalue weighted by Crippen LogP contribution is 2.58. The van der Waals surface area contributed by atoms with E-state index < -0.39 is 28.8 Å². The SMILES string of the molecule is CCCc1ccc(C(=O)[C@@H]2[C@H](C(=O)C(C)(C)C)N3c4ccc(OC)cc4C=C[C@H]3[C@@]23C(=O)Nc2ccccc23)cc1. The molecule has 1 fully saturated rings. The summed E-state index contributed by atoms with van der Waals surface area (Å²) in [4.78, 5) is 45.8. The Morgan fingerprint density at radius 1 is 1.02 bits per heavy atom. The molecular formula is C35H36N2O4. The van der Waals surface area contributed by atoms with Crippen molar-refractivity contribution in [3.63, 3.8) is 0 Å². The van der Waals surface area contributed by atoms with Gasteiger partial charge in [0, 0.05) is 27.9 Å². The number of Topliss-reactive ketones (excluding diaryl/α,β-unsaturated/α-hetero) is 2. The third-order valence-electron chi connectivity index (χ3n) is 8.91. The summed E-state index contributed by atoms with van der Waals surface area (Å²) >= 11 is 0. The van der Waals surface area contributed by atoms with E-state index in [1.54, 1.807) is 7.11 Å². The molecule has 1 spiro atoms. The third-order valence-corrected chi connectivity index (χ3v) is 8.91. The number of amides is 1. The molecule has 1 amide bonds. The van der Waals surface area contributed by atoms with E-state index in [-0.39, 0.29) is 17.5 Å². The molecule has 6 rings (SSSR count). The largest absolute Gasteiger partial charge is 0.497 e. The second-order valence-electron chi connectivity index (χ2n) is 12.4. The Labute approximate surface area is 241 Å². The van der Waals surface area contributed by atoms with Crippen molar-refractivity contribution >= 4 is 34.9 Å². The van der Waals surface area contributed by atoms with Gasteiger partial charge >= 0.3 is 0 Å². The van der Waals surface area contributed by atoms with Crippen LogP contribution in [-0.4, -0.2) is 36.7 Å². The van der Waals surface area contributed by atoms with Gasteiger partial charge in [-0.2, -0.15) is 0 Å². The van der Waals surface area contributed by atoms with Gasteiger partial charge in [-0.15, -0.1) is 0 Å². The zero-order chi connectivity index (χ0) is 29.1. The monoisotopic (exact) mass is 548 g/mol. The molecule has 3 aliphatic rings. The Balaban J connectivity index is 1.63. The van der Waals surface area contributed by atoms with Gasteiger partial charge in [0.05, 0.1) is 19.1 Å². The number of hydrogen-bond donors (Lipinski definition) is 1. The molecule has 4 atom stereocenters. The smallest absolute Gasteiger partial charge is 0.238 e. The molecule has 0 unspecified atom stereocenters. The normalized spacial score (nSPS) is 24.1. The summed E-state index contributed by atoms with van der Waals surface area (Å²) in [5.41, 5.74) is 2.74. The fraction of sp³-hybridized carbons (Fsp3) is 0.343. The maximum absolute atomic E-state index is 14.8. The van der Waals surface area contributed by atoms with Crippen molar-refractivity contribution in [2.24, 2.45) is 11.3 Å². The van der Waals surface area contributed by atoms with Crippen LogP contribution < -0.4 is 15.0 Å². The summed E-state index contributed by atoms with van der Waals surface area (Å²) in [5.74, 6) is -0.767. The molecule has 3 aliphatic heterocycles. The van der Waals surface area contributed by atoms with E-state index in [4.69, 9.17) is 4.74 Å². The highest BCUT2D eigenvalue weighted by molar-refractivity contribution is 6.17.